The van der Waals surface area contributed by atoms with Gasteiger partial charge < -0.3 is 10.0 Å². The monoisotopic (exact) mass is 265 g/mol. The van der Waals surface area contributed by atoms with E-state index in [-0.39, 0.29) is 18.6 Å². The number of hydrogen-bond donors (Lipinski definition) is 1. The molecule has 5 nitrogen and oxygen atoms in total. The first-order valence-corrected chi connectivity index (χ1v) is 5.31. The Morgan fingerprint density at radius 3 is 2.44 bits per heavy atom. The van der Waals surface area contributed by atoms with Crippen LogP contribution in [0.4, 0.5) is 13.2 Å². The summed E-state index contributed by atoms with van der Waals surface area (Å²) >= 11 is 0. The average Bonchev–Trinajstić information content (AvgIpc) is 2.75. The van der Waals surface area contributed by atoms with E-state index in [2.05, 4.69) is 0 Å². The van der Waals surface area contributed by atoms with E-state index in [0.717, 1.165) is 0 Å². The van der Waals surface area contributed by atoms with Crippen LogP contribution in [0.15, 0.2) is 0 Å². The maximum Gasteiger partial charge on any atom is 0.471 e. The number of carboxylic acids is 1. The van der Waals surface area contributed by atoms with E-state index in [1.807, 2.05) is 0 Å². The first-order chi connectivity index (χ1) is 8.18. The molecule has 100 valence electrons. The number of amides is 1. The highest BCUT2D eigenvalue weighted by atomic mass is 19.4. The van der Waals surface area contributed by atoms with Gasteiger partial charge in [0.25, 0.3) is 0 Å². The van der Waals surface area contributed by atoms with E-state index in [1.54, 1.807) is 0 Å². The van der Waals surface area contributed by atoms with E-state index < -0.39 is 42.5 Å². The summed E-state index contributed by atoms with van der Waals surface area (Å²) < 4.78 is 36.8. The van der Waals surface area contributed by atoms with E-state index in [0.29, 0.717) is 4.90 Å². The summed E-state index contributed by atoms with van der Waals surface area (Å²) in [4.78, 5) is 34.2. The fraction of sp³-hybridized carbons (Fsp3) is 0.700. The van der Waals surface area contributed by atoms with E-state index >= 15 is 0 Å². The summed E-state index contributed by atoms with van der Waals surface area (Å²) in [6, 6.07) is 0. The molecule has 0 radical (unpaired) electrons. The van der Waals surface area contributed by atoms with E-state index in [9.17, 15) is 27.6 Å². The van der Waals surface area contributed by atoms with Crippen molar-refractivity contribution in [1.29, 1.82) is 0 Å². The minimum Gasteiger partial charge on any atom is -0.481 e. The lowest BCUT2D eigenvalue weighted by Crippen LogP contribution is -2.42. The van der Waals surface area contributed by atoms with Crippen molar-refractivity contribution in [3.05, 3.63) is 0 Å². The Labute approximate surface area is 99.5 Å². The van der Waals surface area contributed by atoms with Crippen molar-refractivity contribution < 1.29 is 32.7 Å². The molecule has 0 aromatic rings. The summed E-state index contributed by atoms with van der Waals surface area (Å²) in [5.41, 5.74) is -1.53. The average molecular weight is 265 g/mol. The maximum absolute atomic E-state index is 12.3. The number of aliphatic carboxylic acids is 1. The third-order valence-corrected chi connectivity index (χ3v) is 3.70. The van der Waals surface area contributed by atoms with Crippen LogP contribution in [0.2, 0.25) is 0 Å². The molecule has 1 N–H and O–H groups in total. The molecule has 1 saturated heterocycles. The Morgan fingerprint density at radius 1 is 1.39 bits per heavy atom. The zero-order chi connectivity index (χ0) is 13.7. The Bertz CT molecular complexity index is 433. The van der Waals surface area contributed by atoms with Gasteiger partial charge in [0.05, 0.1) is 11.3 Å². The van der Waals surface area contributed by atoms with Gasteiger partial charge >= 0.3 is 18.1 Å². The Hall–Kier alpha value is -1.60. The summed E-state index contributed by atoms with van der Waals surface area (Å²) in [6.07, 6.45) is -5.00. The van der Waals surface area contributed by atoms with Gasteiger partial charge in [-0.05, 0) is 6.42 Å². The molecule has 0 aromatic heterocycles. The Balaban J connectivity index is 2.27. The highest BCUT2D eigenvalue weighted by molar-refractivity contribution is 5.95. The number of alkyl halides is 3. The van der Waals surface area contributed by atoms with Crippen LogP contribution in [-0.2, 0) is 14.4 Å². The van der Waals surface area contributed by atoms with Crippen LogP contribution in [0.1, 0.15) is 12.8 Å². The molecular formula is C10H10F3NO4. The van der Waals surface area contributed by atoms with Gasteiger partial charge in [-0.3, -0.25) is 14.4 Å². The first-order valence-electron chi connectivity index (χ1n) is 5.31. The number of fused-ring (bicyclic) bond motifs is 1. The topological polar surface area (TPSA) is 74.7 Å². The molecule has 2 unspecified atom stereocenters. The van der Waals surface area contributed by atoms with Crippen molar-refractivity contribution >= 4 is 17.7 Å². The van der Waals surface area contributed by atoms with Gasteiger partial charge in [-0.2, -0.15) is 13.2 Å². The number of halogens is 3. The molecule has 0 aromatic carbocycles. The molecular weight excluding hydrogens is 255 g/mol. The zero-order valence-corrected chi connectivity index (χ0v) is 9.16. The van der Waals surface area contributed by atoms with Gasteiger partial charge in [0.2, 0.25) is 0 Å². The minimum atomic E-state index is -5.04. The molecule has 0 spiro atoms. The molecule has 18 heavy (non-hydrogen) atoms. The van der Waals surface area contributed by atoms with Crippen molar-refractivity contribution in [1.82, 2.24) is 4.90 Å². The fourth-order valence-electron chi connectivity index (χ4n) is 2.75. The molecule has 1 heterocycles. The van der Waals surface area contributed by atoms with Crippen LogP contribution < -0.4 is 0 Å². The highest BCUT2D eigenvalue weighted by Crippen LogP contribution is 2.47. The molecule has 8 heteroatoms. The number of ketones is 1. The summed E-state index contributed by atoms with van der Waals surface area (Å²) in [6.45, 7) is -0.999. The molecule has 1 aliphatic carbocycles. The standard InChI is InChI=1S/C10H10F3NO4/c11-10(12,13)7(16)14-3-5-6(15)1-2-9(5,4-14)8(17)18/h5H,1-4H2,(H,17,18). The van der Waals surface area contributed by atoms with Crippen LogP contribution >= 0.6 is 0 Å². The van der Waals surface area contributed by atoms with Crippen molar-refractivity contribution in [3.8, 4) is 0 Å². The first kappa shape index (κ1) is 12.8. The zero-order valence-electron chi connectivity index (χ0n) is 9.16. The van der Waals surface area contributed by atoms with Gasteiger partial charge in [-0.15, -0.1) is 0 Å². The maximum atomic E-state index is 12.3. The number of carbonyl (C=O) groups is 3. The third-order valence-electron chi connectivity index (χ3n) is 3.70. The van der Waals surface area contributed by atoms with Crippen molar-refractivity contribution in [3.63, 3.8) is 0 Å². The van der Waals surface area contributed by atoms with Gasteiger partial charge in [0, 0.05) is 19.5 Å². The fourth-order valence-corrected chi connectivity index (χ4v) is 2.75. The predicted molar refractivity (Wildman–Crippen MR) is 50.4 cm³/mol. The number of nitrogens with zero attached hydrogens (tertiary/aromatic N) is 1. The van der Waals surface area contributed by atoms with Gasteiger partial charge in [-0.1, -0.05) is 0 Å². The summed E-state index contributed by atoms with van der Waals surface area (Å²) in [5, 5.41) is 9.12. The molecule has 1 saturated carbocycles. The second-order valence-corrected chi connectivity index (χ2v) is 4.66. The summed E-state index contributed by atoms with van der Waals surface area (Å²) in [5.74, 6) is -4.78. The lowest BCUT2D eigenvalue weighted by molar-refractivity contribution is -0.185. The number of carboxylic acid groups (broad SMARTS) is 1. The number of Topliss-reactive ketones (excluding diaryl/α,β-unsaturated/α-hetero) is 1. The lowest BCUT2D eigenvalue weighted by Gasteiger charge is -2.22. The number of rotatable bonds is 1. The van der Waals surface area contributed by atoms with Crippen LogP contribution in [0.25, 0.3) is 0 Å². The SMILES string of the molecule is O=C1CCC2(C(=O)O)CN(C(=O)C(F)(F)F)CC12. The quantitative estimate of drug-likeness (QED) is 0.746. The van der Waals surface area contributed by atoms with E-state index in [4.69, 9.17) is 5.11 Å². The highest BCUT2D eigenvalue weighted by Gasteiger charge is 2.61. The largest absolute Gasteiger partial charge is 0.481 e. The van der Waals surface area contributed by atoms with Crippen molar-refractivity contribution in [2.75, 3.05) is 13.1 Å². The van der Waals surface area contributed by atoms with Gasteiger partial charge in [-0.25, -0.2) is 0 Å². The van der Waals surface area contributed by atoms with Crippen LogP contribution in [0, 0.1) is 11.3 Å². The predicted octanol–water partition coefficient (Wildman–Crippen LogP) is 0.441. The Kier molecular flexibility index (Phi) is 2.64. The number of carbonyl (C=O) groups excluding carboxylic acids is 2. The van der Waals surface area contributed by atoms with E-state index in [1.165, 1.54) is 0 Å². The summed E-state index contributed by atoms with van der Waals surface area (Å²) in [7, 11) is 0. The third kappa shape index (κ3) is 1.67. The van der Waals surface area contributed by atoms with Crippen LogP contribution in [0.5, 0.6) is 0 Å². The van der Waals surface area contributed by atoms with Crippen molar-refractivity contribution in [2.45, 2.75) is 19.0 Å². The molecule has 1 aliphatic heterocycles. The van der Waals surface area contributed by atoms with Crippen LogP contribution in [-0.4, -0.2) is 46.9 Å². The molecule has 0 bridgehead atoms. The second-order valence-electron chi connectivity index (χ2n) is 4.66. The molecule has 2 atom stereocenters. The smallest absolute Gasteiger partial charge is 0.471 e. The van der Waals surface area contributed by atoms with Gasteiger partial charge in [0.1, 0.15) is 5.78 Å². The Morgan fingerprint density at radius 2 is 2.00 bits per heavy atom. The lowest BCUT2D eigenvalue weighted by atomic mass is 9.81. The van der Waals surface area contributed by atoms with Crippen molar-refractivity contribution in [2.24, 2.45) is 11.3 Å². The van der Waals surface area contributed by atoms with Gasteiger partial charge in [0.15, 0.2) is 0 Å². The minimum absolute atomic E-state index is 0.00648. The normalized spacial score (nSPS) is 31.6. The van der Waals surface area contributed by atoms with Crippen LogP contribution in [0.3, 0.4) is 0 Å². The molecule has 2 aliphatic rings. The number of hydrogen-bond acceptors (Lipinski definition) is 3. The molecule has 1 amide bonds. The number of likely N-dealkylation sites (tertiary alicyclic amines) is 1. The molecule has 2 rings (SSSR count). The molecule has 2 fully saturated rings. The second kappa shape index (κ2) is 3.69.